The highest BCUT2D eigenvalue weighted by atomic mass is 16.2. The molecule has 0 atom stereocenters. The molecule has 2 amide bonds. The van der Waals surface area contributed by atoms with Crippen LogP contribution < -0.4 is 0 Å². The lowest BCUT2D eigenvalue weighted by Gasteiger charge is -2.28. The summed E-state index contributed by atoms with van der Waals surface area (Å²) in [6, 6.07) is 8.25. The van der Waals surface area contributed by atoms with E-state index in [2.05, 4.69) is 17.1 Å². The van der Waals surface area contributed by atoms with E-state index in [1.807, 2.05) is 26.5 Å². The Morgan fingerprint density at radius 2 is 1.92 bits per heavy atom. The molecule has 1 aromatic carbocycles. The third kappa shape index (κ3) is 2.69. The van der Waals surface area contributed by atoms with Crippen molar-refractivity contribution >= 4 is 11.8 Å². The minimum Gasteiger partial charge on any atom is -0.334 e. The fourth-order valence-corrected chi connectivity index (χ4v) is 3.95. The van der Waals surface area contributed by atoms with Crippen molar-refractivity contribution in [1.82, 2.24) is 19.4 Å². The highest BCUT2D eigenvalue weighted by Gasteiger charge is 2.33. The van der Waals surface area contributed by atoms with Crippen molar-refractivity contribution in [2.24, 2.45) is 5.92 Å². The molecule has 26 heavy (non-hydrogen) atoms. The van der Waals surface area contributed by atoms with Crippen LogP contribution in [0.5, 0.6) is 0 Å². The van der Waals surface area contributed by atoms with Gasteiger partial charge in [0.1, 0.15) is 5.69 Å². The molecule has 6 nitrogen and oxygen atoms in total. The molecule has 5 rings (SSSR count). The number of fused-ring (bicyclic) bond motifs is 2. The van der Waals surface area contributed by atoms with Crippen molar-refractivity contribution in [3.05, 3.63) is 53.1 Å². The maximum absolute atomic E-state index is 12.9. The monoisotopic (exact) mass is 350 g/mol. The van der Waals surface area contributed by atoms with Gasteiger partial charge in [0.15, 0.2) is 5.82 Å². The maximum Gasteiger partial charge on any atom is 0.289 e. The molecule has 1 aliphatic carbocycles. The van der Waals surface area contributed by atoms with Crippen molar-refractivity contribution in [1.29, 1.82) is 0 Å². The van der Waals surface area contributed by atoms with E-state index in [0.717, 1.165) is 19.5 Å². The number of benzene rings is 1. The zero-order chi connectivity index (χ0) is 17.7. The fourth-order valence-electron chi connectivity index (χ4n) is 3.95. The smallest absolute Gasteiger partial charge is 0.289 e. The first-order chi connectivity index (χ1) is 12.7. The summed E-state index contributed by atoms with van der Waals surface area (Å²) in [5.74, 6) is 0.960. The molecule has 0 radical (unpaired) electrons. The summed E-state index contributed by atoms with van der Waals surface area (Å²) < 4.78 is 1.84. The number of imidazole rings is 1. The topological polar surface area (TPSA) is 58.4 Å². The molecule has 2 aliphatic heterocycles. The second kappa shape index (κ2) is 5.97. The average molecular weight is 350 g/mol. The van der Waals surface area contributed by atoms with E-state index in [0.29, 0.717) is 37.1 Å². The van der Waals surface area contributed by atoms with Crippen LogP contribution in [0.1, 0.15) is 45.1 Å². The Balaban J connectivity index is 1.35. The molecule has 134 valence electrons. The van der Waals surface area contributed by atoms with Gasteiger partial charge in [-0.1, -0.05) is 24.3 Å². The summed E-state index contributed by atoms with van der Waals surface area (Å²) in [7, 11) is 0. The Morgan fingerprint density at radius 3 is 2.73 bits per heavy atom. The zero-order valence-corrected chi connectivity index (χ0v) is 14.7. The molecule has 0 saturated heterocycles. The largest absolute Gasteiger partial charge is 0.334 e. The van der Waals surface area contributed by atoms with Gasteiger partial charge in [-0.25, -0.2) is 4.98 Å². The Hall–Kier alpha value is -2.63. The van der Waals surface area contributed by atoms with Gasteiger partial charge in [-0.15, -0.1) is 0 Å². The van der Waals surface area contributed by atoms with Crippen LogP contribution in [-0.2, 0) is 19.5 Å². The summed E-state index contributed by atoms with van der Waals surface area (Å²) in [5.41, 5.74) is 2.90. The van der Waals surface area contributed by atoms with Gasteiger partial charge in [0.2, 0.25) is 0 Å². The van der Waals surface area contributed by atoms with Crippen LogP contribution in [-0.4, -0.2) is 50.8 Å². The molecule has 2 aromatic rings. The lowest BCUT2D eigenvalue weighted by atomic mass is 10.00. The van der Waals surface area contributed by atoms with Gasteiger partial charge in [-0.3, -0.25) is 9.59 Å². The van der Waals surface area contributed by atoms with E-state index in [-0.39, 0.29) is 11.8 Å². The predicted octanol–water partition coefficient (Wildman–Crippen LogP) is 1.95. The number of aromatic nitrogens is 2. The first-order valence-corrected chi connectivity index (χ1v) is 9.41. The van der Waals surface area contributed by atoms with Crippen molar-refractivity contribution in [2.75, 3.05) is 19.6 Å². The molecule has 3 heterocycles. The second-order valence-electron chi connectivity index (χ2n) is 7.58. The first-order valence-electron chi connectivity index (χ1n) is 9.41. The lowest BCUT2D eigenvalue weighted by Crippen LogP contribution is -2.41. The number of hydrogen-bond acceptors (Lipinski definition) is 3. The number of carbonyl (C=O) groups excluding carboxylic acids is 2. The maximum atomic E-state index is 12.9. The Kier molecular flexibility index (Phi) is 3.58. The third-order valence-corrected chi connectivity index (χ3v) is 5.68. The molecule has 0 spiro atoms. The van der Waals surface area contributed by atoms with Crippen LogP contribution in [0.3, 0.4) is 0 Å². The van der Waals surface area contributed by atoms with Crippen molar-refractivity contribution < 1.29 is 9.59 Å². The zero-order valence-electron chi connectivity index (χ0n) is 14.7. The van der Waals surface area contributed by atoms with Crippen LogP contribution >= 0.6 is 0 Å². The van der Waals surface area contributed by atoms with E-state index in [1.54, 1.807) is 6.20 Å². The highest BCUT2D eigenvalue weighted by molar-refractivity contribution is 5.96. The minimum absolute atomic E-state index is 0.0359. The molecule has 6 heteroatoms. The molecule has 1 saturated carbocycles. The quantitative estimate of drug-likeness (QED) is 0.850. The summed E-state index contributed by atoms with van der Waals surface area (Å²) in [5, 5.41) is 0. The highest BCUT2D eigenvalue weighted by Crippen LogP contribution is 2.31. The second-order valence-corrected chi connectivity index (χ2v) is 7.58. The van der Waals surface area contributed by atoms with E-state index in [4.69, 9.17) is 0 Å². The van der Waals surface area contributed by atoms with E-state index in [1.165, 1.54) is 24.0 Å². The number of amides is 2. The van der Waals surface area contributed by atoms with E-state index < -0.39 is 0 Å². The SMILES string of the molecule is O=C(c1cn2c(n1)C(=O)N(CC1CC1)CC2)N1CCc2ccccc2C1. The van der Waals surface area contributed by atoms with Crippen molar-refractivity contribution in [3.8, 4) is 0 Å². The Labute approximate surface area is 152 Å². The van der Waals surface area contributed by atoms with Crippen LogP contribution in [0, 0.1) is 5.92 Å². The van der Waals surface area contributed by atoms with Gasteiger partial charge in [-0.05, 0) is 36.3 Å². The van der Waals surface area contributed by atoms with Crippen LogP contribution in [0.2, 0.25) is 0 Å². The molecule has 0 N–H and O–H groups in total. The molecule has 3 aliphatic rings. The molecular weight excluding hydrogens is 328 g/mol. The van der Waals surface area contributed by atoms with Gasteiger partial charge in [0, 0.05) is 38.9 Å². The Bertz CT molecular complexity index is 884. The molecule has 1 fully saturated rings. The van der Waals surface area contributed by atoms with Crippen LogP contribution in [0.25, 0.3) is 0 Å². The normalized spacial score (nSPS) is 19.3. The standard InChI is InChI=1S/C20H22N4O2/c25-19(23-8-7-15-3-1-2-4-16(15)12-23)17-13-22-9-10-24(11-14-5-6-14)20(26)18(22)21-17/h1-4,13-14H,5-12H2. The van der Waals surface area contributed by atoms with Gasteiger partial charge in [0.25, 0.3) is 11.8 Å². The summed E-state index contributed by atoms with van der Waals surface area (Å²) in [6.45, 7) is 3.57. The number of hydrogen-bond donors (Lipinski definition) is 0. The van der Waals surface area contributed by atoms with Gasteiger partial charge < -0.3 is 14.4 Å². The van der Waals surface area contributed by atoms with Gasteiger partial charge in [-0.2, -0.15) is 0 Å². The summed E-state index contributed by atoms with van der Waals surface area (Å²) in [6.07, 6.45) is 5.06. The summed E-state index contributed by atoms with van der Waals surface area (Å²) in [4.78, 5) is 33.8. The number of rotatable bonds is 3. The van der Waals surface area contributed by atoms with Crippen molar-refractivity contribution in [3.63, 3.8) is 0 Å². The van der Waals surface area contributed by atoms with Crippen LogP contribution in [0.15, 0.2) is 30.5 Å². The van der Waals surface area contributed by atoms with E-state index >= 15 is 0 Å². The third-order valence-electron chi connectivity index (χ3n) is 5.68. The molecular formula is C20H22N4O2. The Morgan fingerprint density at radius 1 is 1.12 bits per heavy atom. The van der Waals surface area contributed by atoms with Gasteiger partial charge in [0.05, 0.1) is 0 Å². The first kappa shape index (κ1) is 15.6. The fraction of sp³-hybridized carbons (Fsp3) is 0.450. The van der Waals surface area contributed by atoms with E-state index in [9.17, 15) is 9.59 Å². The summed E-state index contributed by atoms with van der Waals surface area (Å²) >= 11 is 0. The van der Waals surface area contributed by atoms with Crippen molar-refractivity contribution in [2.45, 2.75) is 32.4 Å². The minimum atomic E-state index is -0.0806. The molecule has 0 unspecified atom stereocenters. The average Bonchev–Trinajstić information content (AvgIpc) is 3.38. The molecule has 0 bridgehead atoms. The number of carbonyl (C=O) groups is 2. The predicted molar refractivity (Wildman–Crippen MR) is 95.7 cm³/mol. The molecule has 1 aromatic heterocycles. The number of nitrogens with zero attached hydrogens (tertiary/aromatic N) is 4. The van der Waals surface area contributed by atoms with Gasteiger partial charge >= 0.3 is 0 Å². The van der Waals surface area contributed by atoms with Crippen LogP contribution in [0.4, 0.5) is 0 Å². The lowest BCUT2D eigenvalue weighted by molar-refractivity contribution is 0.0688.